The molecule has 1 saturated heterocycles. The van der Waals surface area contributed by atoms with Crippen LogP contribution in [0.1, 0.15) is 19.8 Å². The molecular weight excluding hydrogens is 424 g/mol. The van der Waals surface area contributed by atoms with E-state index in [-0.39, 0.29) is 24.1 Å². The SMILES string of the molecule is CCOCCCN1C(=O)C(CC(=O)Nc2ccc(F)cc2)SC1=Nc1ccc(F)cc1. The molecule has 6 nitrogen and oxygen atoms in total. The first kappa shape index (κ1) is 22.9. The smallest absolute Gasteiger partial charge is 0.242 e. The summed E-state index contributed by atoms with van der Waals surface area (Å²) in [5, 5.41) is 2.50. The number of amidine groups is 1. The number of carbonyl (C=O) groups excluding carboxylic acids is 2. The van der Waals surface area contributed by atoms with Crippen LogP contribution in [0.5, 0.6) is 0 Å². The van der Waals surface area contributed by atoms with Crippen LogP contribution in [0.15, 0.2) is 53.5 Å². The number of nitrogens with zero attached hydrogens (tertiary/aromatic N) is 2. The van der Waals surface area contributed by atoms with E-state index in [4.69, 9.17) is 4.74 Å². The Labute approximate surface area is 183 Å². The predicted octanol–water partition coefficient (Wildman–Crippen LogP) is 4.35. The molecule has 1 unspecified atom stereocenters. The molecule has 1 heterocycles. The van der Waals surface area contributed by atoms with Crippen LogP contribution in [0.4, 0.5) is 20.2 Å². The van der Waals surface area contributed by atoms with Gasteiger partial charge in [0.15, 0.2) is 5.17 Å². The second-order valence-electron chi connectivity index (χ2n) is 6.78. The summed E-state index contributed by atoms with van der Waals surface area (Å²) in [7, 11) is 0. The van der Waals surface area contributed by atoms with Crippen molar-refractivity contribution in [1.82, 2.24) is 4.90 Å². The second kappa shape index (κ2) is 11.0. The fourth-order valence-corrected chi connectivity index (χ4v) is 4.12. The lowest BCUT2D eigenvalue weighted by Gasteiger charge is -2.16. The minimum atomic E-state index is -0.633. The zero-order valence-electron chi connectivity index (χ0n) is 17.0. The molecule has 0 radical (unpaired) electrons. The summed E-state index contributed by atoms with van der Waals surface area (Å²) in [6, 6.07) is 11.1. The van der Waals surface area contributed by atoms with Crippen LogP contribution in [0.2, 0.25) is 0 Å². The first-order chi connectivity index (χ1) is 15.0. The molecular formula is C22H23F2N3O3S. The first-order valence-electron chi connectivity index (χ1n) is 9.91. The Balaban J connectivity index is 1.70. The highest BCUT2D eigenvalue weighted by atomic mass is 32.2. The Kier molecular flexibility index (Phi) is 8.13. The number of thioether (sulfide) groups is 1. The minimum absolute atomic E-state index is 0.0503. The Morgan fingerprint density at radius 3 is 2.42 bits per heavy atom. The number of halogens is 2. The molecule has 0 aliphatic carbocycles. The Morgan fingerprint density at radius 2 is 1.77 bits per heavy atom. The summed E-state index contributed by atoms with van der Waals surface area (Å²) in [5.74, 6) is -1.33. The van der Waals surface area contributed by atoms with Gasteiger partial charge in [0.25, 0.3) is 0 Å². The normalized spacial score (nSPS) is 17.4. The number of anilines is 1. The van der Waals surface area contributed by atoms with Gasteiger partial charge in [0, 0.05) is 31.9 Å². The minimum Gasteiger partial charge on any atom is -0.382 e. The van der Waals surface area contributed by atoms with Crippen molar-refractivity contribution in [2.45, 2.75) is 25.0 Å². The van der Waals surface area contributed by atoms with Crippen molar-refractivity contribution in [1.29, 1.82) is 0 Å². The molecule has 1 atom stereocenters. The zero-order chi connectivity index (χ0) is 22.2. The van der Waals surface area contributed by atoms with Gasteiger partial charge in [-0.1, -0.05) is 11.8 Å². The predicted molar refractivity (Wildman–Crippen MR) is 117 cm³/mol. The van der Waals surface area contributed by atoms with E-state index in [2.05, 4.69) is 10.3 Å². The lowest BCUT2D eigenvalue weighted by atomic mass is 10.2. The van der Waals surface area contributed by atoms with E-state index in [1.807, 2.05) is 6.92 Å². The molecule has 2 amide bonds. The van der Waals surface area contributed by atoms with Crippen LogP contribution < -0.4 is 5.32 Å². The number of hydrogen-bond donors (Lipinski definition) is 1. The third kappa shape index (κ3) is 6.60. The van der Waals surface area contributed by atoms with Gasteiger partial charge in [-0.05, 0) is 61.9 Å². The van der Waals surface area contributed by atoms with E-state index in [0.717, 1.165) is 0 Å². The molecule has 9 heteroatoms. The molecule has 1 fully saturated rings. The maximum atomic E-state index is 13.2. The van der Waals surface area contributed by atoms with Crippen LogP contribution >= 0.6 is 11.8 Å². The first-order valence-corrected chi connectivity index (χ1v) is 10.8. The summed E-state index contributed by atoms with van der Waals surface area (Å²) in [5.41, 5.74) is 0.971. The van der Waals surface area contributed by atoms with Gasteiger partial charge in [0.2, 0.25) is 11.8 Å². The topological polar surface area (TPSA) is 71.0 Å². The Morgan fingerprint density at radius 1 is 1.13 bits per heavy atom. The summed E-state index contributed by atoms with van der Waals surface area (Å²) < 4.78 is 31.6. The number of ether oxygens (including phenoxy) is 1. The zero-order valence-corrected chi connectivity index (χ0v) is 17.8. The summed E-state index contributed by atoms with van der Waals surface area (Å²) in [4.78, 5) is 31.4. The lowest BCUT2D eigenvalue weighted by Crippen LogP contribution is -2.34. The van der Waals surface area contributed by atoms with Crippen LogP contribution in [0, 0.1) is 11.6 Å². The van der Waals surface area contributed by atoms with E-state index in [0.29, 0.717) is 42.7 Å². The number of carbonyl (C=O) groups is 2. The summed E-state index contributed by atoms with van der Waals surface area (Å²) in [6.45, 7) is 3.39. The van der Waals surface area contributed by atoms with Crippen LogP contribution in [0.25, 0.3) is 0 Å². The lowest BCUT2D eigenvalue weighted by molar-refractivity contribution is -0.128. The van der Waals surface area contributed by atoms with Crippen molar-refractivity contribution in [2.24, 2.45) is 4.99 Å². The van der Waals surface area contributed by atoms with E-state index in [1.54, 1.807) is 4.90 Å². The number of hydrogen-bond acceptors (Lipinski definition) is 5. The molecule has 1 aliphatic heterocycles. The molecule has 0 bridgehead atoms. The number of nitrogens with one attached hydrogen (secondary N) is 1. The third-order valence-corrected chi connectivity index (χ3v) is 5.62. The maximum absolute atomic E-state index is 13.2. The van der Waals surface area contributed by atoms with Gasteiger partial charge in [-0.3, -0.25) is 14.5 Å². The van der Waals surface area contributed by atoms with Gasteiger partial charge in [-0.2, -0.15) is 0 Å². The number of aliphatic imine (C=N–C) groups is 1. The number of benzene rings is 2. The van der Waals surface area contributed by atoms with Gasteiger partial charge in [0.05, 0.1) is 5.69 Å². The Hall–Kier alpha value is -2.78. The number of amides is 2. The summed E-state index contributed by atoms with van der Waals surface area (Å²) >= 11 is 1.20. The van der Waals surface area contributed by atoms with Gasteiger partial charge < -0.3 is 10.1 Å². The molecule has 164 valence electrons. The number of rotatable bonds is 9. The molecule has 31 heavy (non-hydrogen) atoms. The fraction of sp³-hybridized carbons (Fsp3) is 0.318. The summed E-state index contributed by atoms with van der Waals surface area (Å²) in [6.07, 6.45) is 0.572. The molecule has 0 aromatic heterocycles. The average Bonchev–Trinajstić information content (AvgIpc) is 3.03. The third-order valence-electron chi connectivity index (χ3n) is 4.44. The van der Waals surface area contributed by atoms with Crippen molar-refractivity contribution >= 4 is 40.1 Å². The molecule has 2 aromatic rings. The maximum Gasteiger partial charge on any atom is 0.242 e. The standard InChI is InChI=1S/C22H23F2N3O3S/c1-2-30-13-3-12-27-21(29)19(14-20(28)25-17-8-4-15(23)5-9-17)31-22(27)26-18-10-6-16(24)7-11-18/h4-11,19H,2-3,12-14H2,1H3,(H,25,28). The van der Waals surface area contributed by atoms with Crippen molar-refractivity contribution in [3.05, 3.63) is 60.2 Å². The molecule has 0 spiro atoms. The fourth-order valence-electron chi connectivity index (χ4n) is 2.94. The molecule has 2 aromatic carbocycles. The molecule has 1 N–H and O–H groups in total. The quantitative estimate of drug-likeness (QED) is 0.580. The van der Waals surface area contributed by atoms with E-state index in [1.165, 1.54) is 60.3 Å². The van der Waals surface area contributed by atoms with Gasteiger partial charge in [0.1, 0.15) is 16.9 Å². The highest BCUT2D eigenvalue weighted by Crippen LogP contribution is 2.32. The van der Waals surface area contributed by atoms with E-state index >= 15 is 0 Å². The van der Waals surface area contributed by atoms with Crippen molar-refractivity contribution in [3.63, 3.8) is 0 Å². The van der Waals surface area contributed by atoms with Crippen LogP contribution in [-0.2, 0) is 14.3 Å². The van der Waals surface area contributed by atoms with Crippen molar-refractivity contribution < 1.29 is 23.1 Å². The monoisotopic (exact) mass is 447 g/mol. The van der Waals surface area contributed by atoms with Crippen LogP contribution in [0.3, 0.4) is 0 Å². The highest BCUT2D eigenvalue weighted by Gasteiger charge is 2.38. The highest BCUT2D eigenvalue weighted by molar-refractivity contribution is 8.15. The molecule has 0 saturated carbocycles. The van der Waals surface area contributed by atoms with E-state index < -0.39 is 11.1 Å². The van der Waals surface area contributed by atoms with Gasteiger partial charge >= 0.3 is 0 Å². The Bertz CT molecular complexity index is 936. The second-order valence-corrected chi connectivity index (χ2v) is 7.95. The molecule has 3 rings (SSSR count). The largest absolute Gasteiger partial charge is 0.382 e. The van der Waals surface area contributed by atoms with Gasteiger partial charge in [-0.25, -0.2) is 13.8 Å². The average molecular weight is 448 g/mol. The van der Waals surface area contributed by atoms with Crippen molar-refractivity contribution in [3.8, 4) is 0 Å². The molecule has 1 aliphatic rings. The van der Waals surface area contributed by atoms with Gasteiger partial charge in [-0.15, -0.1) is 0 Å². The van der Waals surface area contributed by atoms with Crippen LogP contribution in [-0.4, -0.2) is 46.9 Å². The van der Waals surface area contributed by atoms with Crippen molar-refractivity contribution in [2.75, 3.05) is 25.1 Å². The van der Waals surface area contributed by atoms with E-state index in [9.17, 15) is 18.4 Å².